The third-order valence-electron chi connectivity index (χ3n) is 3.37. The van der Waals surface area contributed by atoms with Crippen LogP contribution < -0.4 is 10.0 Å². The highest BCUT2D eigenvalue weighted by Crippen LogP contribution is 2.18. The molecule has 0 atom stereocenters. The zero-order valence-electron chi connectivity index (χ0n) is 15.6. The molecule has 9 nitrogen and oxygen atoms in total. The van der Waals surface area contributed by atoms with Crippen LogP contribution in [0, 0.1) is 25.2 Å². The number of hydrogen-bond donors (Lipinski definition) is 2. The second kappa shape index (κ2) is 8.96. The van der Waals surface area contributed by atoms with E-state index in [1.165, 1.54) is 36.5 Å². The molecule has 2 N–H and O–H groups in total. The third kappa shape index (κ3) is 5.52. The predicted octanol–water partition coefficient (Wildman–Crippen LogP) is 2.28. The van der Waals surface area contributed by atoms with Gasteiger partial charge < -0.3 is 10.1 Å². The van der Waals surface area contributed by atoms with Crippen molar-refractivity contribution in [3.8, 4) is 6.07 Å². The minimum atomic E-state index is -3.83. The summed E-state index contributed by atoms with van der Waals surface area (Å²) in [7, 11) is -3.83. The van der Waals surface area contributed by atoms with Gasteiger partial charge in [0.1, 0.15) is 17.7 Å². The van der Waals surface area contributed by atoms with E-state index >= 15 is 0 Å². The largest absolute Gasteiger partial charge is 0.462 e. The molecule has 1 aromatic heterocycles. The molecule has 2 rings (SSSR count). The van der Waals surface area contributed by atoms with Crippen LogP contribution in [-0.4, -0.2) is 31.0 Å². The first-order valence-electron chi connectivity index (χ1n) is 8.24. The number of nitrogens with one attached hydrogen (secondary N) is 2. The molecule has 28 heavy (non-hydrogen) atoms. The Morgan fingerprint density at radius 3 is 2.50 bits per heavy atom. The lowest BCUT2D eigenvalue weighted by molar-refractivity contribution is -0.138. The van der Waals surface area contributed by atoms with Crippen LogP contribution in [0.15, 0.2) is 47.0 Å². The van der Waals surface area contributed by atoms with E-state index in [1.807, 2.05) is 0 Å². The first-order chi connectivity index (χ1) is 13.2. The molecular weight excluding hydrogens is 382 g/mol. The summed E-state index contributed by atoms with van der Waals surface area (Å²) in [4.78, 5) is 19.7. The Hall–Kier alpha value is -3.45. The number of carbonyl (C=O) groups is 1. The number of sulfonamides is 1. The lowest BCUT2D eigenvalue weighted by Crippen LogP contribution is -2.14. The van der Waals surface area contributed by atoms with Gasteiger partial charge in [0.15, 0.2) is 5.57 Å². The standard InChI is InChI=1S/C18H19N5O4S/c1-4-27-18(24)14(10-19)11-20-15-5-7-16(8-6-15)28(25,26)23-17-9-12(2)21-13(3)22-17/h5-9,11,20H,4H2,1-3H3,(H,21,22,23)/b14-11+. The van der Waals surface area contributed by atoms with Crippen molar-refractivity contribution < 1.29 is 17.9 Å². The number of benzene rings is 1. The highest BCUT2D eigenvalue weighted by molar-refractivity contribution is 7.92. The van der Waals surface area contributed by atoms with E-state index in [4.69, 9.17) is 10.00 Å². The Labute approximate surface area is 163 Å². The molecular formula is C18H19N5O4S. The number of aromatic nitrogens is 2. The van der Waals surface area contributed by atoms with Crippen molar-refractivity contribution in [1.29, 1.82) is 5.26 Å². The van der Waals surface area contributed by atoms with Crippen molar-refractivity contribution in [1.82, 2.24) is 9.97 Å². The second-order valence-electron chi connectivity index (χ2n) is 5.61. The van der Waals surface area contributed by atoms with E-state index in [2.05, 4.69) is 20.0 Å². The van der Waals surface area contributed by atoms with Crippen LogP contribution in [-0.2, 0) is 19.6 Å². The first kappa shape index (κ1) is 20.9. The zero-order chi connectivity index (χ0) is 20.7. The molecule has 1 aromatic carbocycles. The minimum absolute atomic E-state index is 0.0295. The molecule has 0 bridgehead atoms. The topological polar surface area (TPSA) is 134 Å². The van der Waals surface area contributed by atoms with Crippen molar-refractivity contribution in [3.05, 3.63) is 53.6 Å². The lowest BCUT2D eigenvalue weighted by Gasteiger charge is -2.09. The van der Waals surface area contributed by atoms with Gasteiger partial charge in [-0.25, -0.2) is 23.2 Å². The number of aryl methyl sites for hydroxylation is 2. The number of hydrogen-bond acceptors (Lipinski definition) is 8. The number of rotatable bonds is 7. The number of anilines is 2. The fourth-order valence-electron chi connectivity index (χ4n) is 2.20. The molecule has 2 aromatic rings. The number of ether oxygens (including phenoxy) is 1. The highest BCUT2D eigenvalue weighted by atomic mass is 32.2. The van der Waals surface area contributed by atoms with Gasteiger partial charge in [-0.1, -0.05) is 0 Å². The minimum Gasteiger partial charge on any atom is -0.462 e. The fraction of sp³-hybridized carbons (Fsp3) is 0.222. The summed E-state index contributed by atoms with van der Waals surface area (Å²) >= 11 is 0. The molecule has 0 amide bonds. The Morgan fingerprint density at radius 2 is 1.93 bits per heavy atom. The summed E-state index contributed by atoms with van der Waals surface area (Å²) in [6.07, 6.45) is 1.20. The van der Waals surface area contributed by atoms with Crippen molar-refractivity contribution in [2.75, 3.05) is 16.6 Å². The van der Waals surface area contributed by atoms with Crippen LogP contribution in [0.4, 0.5) is 11.5 Å². The van der Waals surface area contributed by atoms with Crippen LogP contribution in [0.1, 0.15) is 18.4 Å². The summed E-state index contributed by atoms with van der Waals surface area (Å²) in [6.45, 7) is 5.21. The average Bonchev–Trinajstić information content (AvgIpc) is 2.61. The molecule has 10 heteroatoms. The van der Waals surface area contributed by atoms with E-state index in [1.54, 1.807) is 26.8 Å². The van der Waals surface area contributed by atoms with E-state index in [0.717, 1.165) is 0 Å². The van der Waals surface area contributed by atoms with E-state index in [-0.39, 0.29) is 22.9 Å². The van der Waals surface area contributed by atoms with Gasteiger partial charge in [-0.15, -0.1) is 0 Å². The van der Waals surface area contributed by atoms with Gasteiger partial charge in [-0.05, 0) is 45.0 Å². The highest BCUT2D eigenvalue weighted by Gasteiger charge is 2.15. The maximum absolute atomic E-state index is 12.5. The quantitative estimate of drug-likeness (QED) is 0.410. The van der Waals surface area contributed by atoms with E-state index in [9.17, 15) is 13.2 Å². The van der Waals surface area contributed by atoms with Gasteiger partial charge in [0.05, 0.1) is 11.5 Å². The van der Waals surface area contributed by atoms with Crippen LogP contribution in [0.3, 0.4) is 0 Å². The molecule has 0 saturated heterocycles. The first-order valence-corrected chi connectivity index (χ1v) is 9.72. The molecule has 0 unspecified atom stereocenters. The van der Waals surface area contributed by atoms with Gasteiger partial charge in [-0.3, -0.25) is 4.72 Å². The Morgan fingerprint density at radius 1 is 1.25 bits per heavy atom. The van der Waals surface area contributed by atoms with Gasteiger partial charge in [-0.2, -0.15) is 5.26 Å². The molecule has 1 heterocycles. The van der Waals surface area contributed by atoms with E-state index < -0.39 is 16.0 Å². The fourth-order valence-corrected chi connectivity index (χ4v) is 3.19. The number of nitrogens with zero attached hydrogens (tertiary/aromatic N) is 3. The van der Waals surface area contributed by atoms with Gasteiger partial charge in [0, 0.05) is 23.6 Å². The van der Waals surface area contributed by atoms with Crippen LogP contribution in [0.2, 0.25) is 0 Å². The van der Waals surface area contributed by atoms with Crippen LogP contribution >= 0.6 is 0 Å². The molecule has 0 fully saturated rings. The smallest absolute Gasteiger partial charge is 0.350 e. The van der Waals surface area contributed by atoms with Gasteiger partial charge in [0.25, 0.3) is 10.0 Å². The molecule has 0 aliphatic rings. The Bertz CT molecular complexity index is 1020. The Kier molecular flexibility index (Phi) is 6.68. The monoisotopic (exact) mass is 401 g/mol. The molecule has 146 valence electrons. The maximum atomic E-state index is 12.5. The summed E-state index contributed by atoms with van der Waals surface area (Å²) < 4.78 is 32.2. The van der Waals surface area contributed by atoms with Crippen molar-refractivity contribution in [2.24, 2.45) is 0 Å². The maximum Gasteiger partial charge on any atom is 0.350 e. The second-order valence-corrected chi connectivity index (χ2v) is 7.29. The number of nitriles is 1. The number of esters is 1. The SMILES string of the molecule is CCOC(=O)/C(C#N)=C/Nc1ccc(S(=O)(=O)Nc2cc(C)nc(C)n2)cc1. The third-order valence-corrected chi connectivity index (χ3v) is 4.74. The van der Waals surface area contributed by atoms with Gasteiger partial charge >= 0.3 is 5.97 Å². The number of carbonyl (C=O) groups excluding carboxylic acids is 1. The Balaban J connectivity index is 2.14. The van der Waals surface area contributed by atoms with Crippen molar-refractivity contribution >= 4 is 27.5 Å². The van der Waals surface area contributed by atoms with Crippen molar-refractivity contribution in [2.45, 2.75) is 25.7 Å². The summed E-state index contributed by atoms with van der Waals surface area (Å²) in [6, 6.07) is 9.04. The van der Waals surface area contributed by atoms with Crippen LogP contribution in [0.25, 0.3) is 0 Å². The lowest BCUT2D eigenvalue weighted by atomic mass is 10.3. The van der Waals surface area contributed by atoms with Crippen LogP contribution in [0.5, 0.6) is 0 Å². The molecule has 0 saturated carbocycles. The zero-order valence-corrected chi connectivity index (χ0v) is 16.4. The summed E-state index contributed by atoms with van der Waals surface area (Å²) in [5.41, 5.74) is 0.936. The summed E-state index contributed by atoms with van der Waals surface area (Å²) in [5, 5.41) is 11.7. The van der Waals surface area contributed by atoms with Crippen molar-refractivity contribution in [3.63, 3.8) is 0 Å². The molecule has 0 radical (unpaired) electrons. The molecule has 0 aliphatic carbocycles. The molecule has 0 spiro atoms. The van der Waals surface area contributed by atoms with E-state index in [0.29, 0.717) is 17.2 Å². The normalized spacial score (nSPS) is 11.4. The summed E-state index contributed by atoms with van der Waals surface area (Å²) in [5.74, 6) is -0.0986. The average molecular weight is 401 g/mol. The van der Waals surface area contributed by atoms with Gasteiger partial charge in [0.2, 0.25) is 0 Å². The molecule has 0 aliphatic heterocycles. The predicted molar refractivity (Wildman–Crippen MR) is 103 cm³/mol.